The Bertz CT molecular complexity index is 589. The SMILES string of the molecule is CC(=O)C(O[Si](C)(C)C)c1cccc(OS(C)(=O)=O)c1. The van der Waals surface area contributed by atoms with Crippen LogP contribution >= 0.6 is 0 Å². The van der Waals surface area contributed by atoms with Gasteiger partial charge in [-0.3, -0.25) is 4.79 Å². The van der Waals surface area contributed by atoms with Crippen molar-refractivity contribution >= 4 is 24.2 Å². The normalized spacial score (nSPS) is 13.8. The number of carbonyl (C=O) groups is 1. The molecule has 0 aliphatic carbocycles. The lowest BCUT2D eigenvalue weighted by molar-refractivity contribution is -0.124. The number of rotatable bonds is 6. The van der Waals surface area contributed by atoms with Crippen LogP contribution in [0.1, 0.15) is 18.6 Å². The molecule has 5 nitrogen and oxygen atoms in total. The summed E-state index contributed by atoms with van der Waals surface area (Å²) in [5, 5.41) is 0. The molecule has 7 heteroatoms. The van der Waals surface area contributed by atoms with Gasteiger partial charge in [-0.15, -0.1) is 0 Å². The third-order valence-electron chi connectivity index (χ3n) is 2.25. The van der Waals surface area contributed by atoms with E-state index >= 15 is 0 Å². The molecule has 0 spiro atoms. The molecular weight excluding hydrogens is 296 g/mol. The first-order valence-corrected chi connectivity index (χ1v) is 11.4. The zero-order chi connectivity index (χ0) is 15.6. The average molecular weight is 316 g/mol. The molecule has 1 atom stereocenters. The molecule has 0 N–H and O–H groups in total. The van der Waals surface area contributed by atoms with Crippen molar-refractivity contribution < 1.29 is 21.8 Å². The standard InChI is InChI=1S/C13H20O5SSi/c1-10(14)13(18-20(3,4)5)11-7-6-8-12(9-11)17-19(2,15)16/h6-9,13H,1-5H3. The van der Waals surface area contributed by atoms with Crippen LogP contribution in [0.15, 0.2) is 24.3 Å². The van der Waals surface area contributed by atoms with Gasteiger partial charge in [0, 0.05) is 0 Å². The third-order valence-corrected chi connectivity index (χ3v) is 3.69. The molecule has 0 aliphatic heterocycles. The Hall–Kier alpha value is -1.18. The topological polar surface area (TPSA) is 69.7 Å². The zero-order valence-electron chi connectivity index (χ0n) is 12.3. The largest absolute Gasteiger partial charge is 0.404 e. The quantitative estimate of drug-likeness (QED) is 0.596. The Morgan fingerprint density at radius 2 is 1.85 bits per heavy atom. The summed E-state index contributed by atoms with van der Waals surface area (Å²) in [6.07, 6.45) is 0.283. The molecule has 1 aromatic carbocycles. The summed E-state index contributed by atoms with van der Waals surface area (Å²) >= 11 is 0. The van der Waals surface area contributed by atoms with Gasteiger partial charge in [0.15, 0.2) is 14.1 Å². The lowest BCUT2D eigenvalue weighted by atomic mass is 10.1. The average Bonchev–Trinajstić information content (AvgIpc) is 2.22. The molecule has 0 radical (unpaired) electrons. The summed E-state index contributed by atoms with van der Waals surface area (Å²) in [6, 6.07) is 6.41. The summed E-state index contributed by atoms with van der Waals surface area (Å²) in [5.41, 5.74) is 0.598. The maximum absolute atomic E-state index is 11.8. The molecule has 1 aromatic rings. The van der Waals surface area contributed by atoms with Gasteiger partial charge < -0.3 is 8.61 Å². The van der Waals surface area contributed by atoms with Gasteiger partial charge in [-0.1, -0.05) is 12.1 Å². The number of hydrogen-bond donors (Lipinski definition) is 0. The molecule has 0 saturated heterocycles. The minimum Gasteiger partial charge on any atom is -0.404 e. The fraction of sp³-hybridized carbons (Fsp3) is 0.462. The molecule has 0 aliphatic rings. The summed E-state index contributed by atoms with van der Waals surface area (Å²) < 4.78 is 32.9. The van der Waals surface area contributed by atoms with Crippen LogP contribution < -0.4 is 4.18 Å². The van der Waals surface area contributed by atoms with Crippen LogP contribution in [0.4, 0.5) is 0 Å². The van der Waals surface area contributed by atoms with E-state index in [1.54, 1.807) is 12.1 Å². The van der Waals surface area contributed by atoms with Gasteiger partial charge in [-0.05, 0) is 44.3 Å². The van der Waals surface area contributed by atoms with Gasteiger partial charge in [-0.2, -0.15) is 8.42 Å². The second-order valence-electron chi connectivity index (χ2n) is 5.58. The maximum atomic E-state index is 11.8. The third kappa shape index (κ3) is 5.85. The lowest BCUT2D eigenvalue weighted by Gasteiger charge is -2.25. The van der Waals surface area contributed by atoms with Crippen molar-refractivity contribution in [2.75, 3.05) is 6.26 Å². The van der Waals surface area contributed by atoms with Gasteiger partial charge in [0.25, 0.3) is 0 Å². The van der Waals surface area contributed by atoms with Gasteiger partial charge in [0.1, 0.15) is 11.9 Å². The fourth-order valence-corrected chi connectivity index (χ4v) is 3.11. The first-order valence-electron chi connectivity index (χ1n) is 6.16. The van der Waals surface area contributed by atoms with E-state index in [1.807, 2.05) is 19.6 Å². The van der Waals surface area contributed by atoms with Crippen LogP contribution in [-0.4, -0.2) is 28.8 Å². The minimum atomic E-state index is -3.59. The number of ketones is 1. The Labute approximate surface area is 121 Å². The van der Waals surface area contributed by atoms with Crippen LogP contribution in [0.3, 0.4) is 0 Å². The van der Waals surface area contributed by atoms with Gasteiger partial charge in [0.2, 0.25) is 0 Å². The van der Waals surface area contributed by atoms with Crippen molar-refractivity contribution in [2.45, 2.75) is 32.7 Å². The first kappa shape index (κ1) is 16.9. The van der Waals surface area contributed by atoms with Crippen LogP contribution in [0.25, 0.3) is 0 Å². The van der Waals surface area contributed by atoms with E-state index in [2.05, 4.69) is 0 Å². The Morgan fingerprint density at radius 3 is 2.30 bits per heavy atom. The van der Waals surface area contributed by atoms with Crippen molar-refractivity contribution in [3.63, 3.8) is 0 Å². The molecule has 1 rings (SSSR count). The smallest absolute Gasteiger partial charge is 0.306 e. The molecule has 112 valence electrons. The van der Waals surface area contributed by atoms with Crippen LogP contribution in [0, 0.1) is 0 Å². The molecule has 0 saturated carbocycles. The number of benzene rings is 1. The minimum absolute atomic E-state index is 0.121. The van der Waals surface area contributed by atoms with E-state index in [4.69, 9.17) is 8.61 Å². The molecule has 0 heterocycles. The fourth-order valence-electron chi connectivity index (χ4n) is 1.64. The van der Waals surface area contributed by atoms with Crippen molar-refractivity contribution in [3.05, 3.63) is 29.8 Å². The summed E-state index contributed by atoms with van der Waals surface area (Å²) in [5.74, 6) is 0.0550. The van der Waals surface area contributed by atoms with Crippen LogP contribution in [0.5, 0.6) is 5.75 Å². The van der Waals surface area contributed by atoms with Crippen molar-refractivity contribution in [1.29, 1.82) is 0 Å². The molecule has 0 bridgehead atoms. The number of Topliss-reactive ketones (excluding diaryl/α,β-unsaturated/α-hetero) is 1. The Balaban J connectivity index is 3.09. The van der Waals surface area contributed by atoms with Crippen molar-refractivity contribution in [2.24, 2.45) is 0 Å². The summed E-state index contributed by atoms with van der Waals surface area (Å²) in [4.78, 5) is 11.8. The van der Waals surface area contributed by atoms with E-state index in [0.717, 1.165) is 6.26 Å². The zero-order valence-corrected chi connectivity index (χ0v) is 14.2. The van der Waals surface area contributed by atoms with E-state index < -0.39 is 24.5 Å². The van der Waals surface area contributed by atoms with Crippen LogP contribution in [0.2, 0.25) is 19.6 Å². The first-order chi connectivity index (χ1) is 8.98. The monoisotopic (exact) mass is 316 g/mol. The molecular formula is C13H20O5SSi. The molecule has 0 aromatic heterocycles. The maximum Gasteiger partial charge on any atom is 0.306 e. The van der Waals surface area contributed by atoms with E-state index in [9.17, 15) is 13.2 Å². The highest BCUT2D eigenvalue weighted by atomic mass is 32.2. The van der Waals surface area contributed by atoms with Gasteiger partial charge in [-0.25, -0.2) is 0 Å². The number of hydrogen-bond acceptors (Lipinski definition) is 5. The highest BCUT2D eigenvalue weighted by Crippen LogP contribution is 2.26. The molecule has 1 unspecified atom stereocenters. The Kier molecular flexibility index (Phi) is 5.12. The summed E-state index contributed by atoms with van der Waals surface area (Å²) in [6.45, 7) is 7.41. The van der Waals surface area contributed by atoms with Gasteiger partial charge >= 0.3 is 10.1 Å². The predicted octanol–water partition coefficient (Wildman–Crippen LogP) is 2.51. The highest BCUT2D eigenvalue weighted by molar-refractivity contribution is 7.86. The van der Waals surface area contributed by atoms with Crippen molar-refractivity contribution in [1.82, 2.24) is 0 Å². The lowest BCUT2D eigenvalue weighted by Crippen LogP contribution is -2.30. The second kappa shape index (κ2) is 6.07. The molecule has 20 heavy (non-hydrogen) atoms. The predicted molar refractivity (Wildman–Crippen MR) is 79.8 cm³/mol. The Morgan fingerprint density at radius 1 is 1.25 bits per heavy atom. The van der Waals surface area contributed by atoms with E-state index in [-0.39, 0.29) is 11.5 Å². The highest BCUT2D eigenvalue weighted by Gasteiger charge is 2.26. The van der Waals surface area contributed by atoms with Crippen molar-refractivity contribution in [3.8, 4) is 5.75 Å². The van der Waals surface area contributed by atoms with Crippen LogP contribution in [-0.2, 0) is 19.3 Å². The number of carbonyl (C=O) groups excluding carboxylic acids is 1. The van der Waals surface area contributed by atoms with E-state index in [0.29, 0.717) is 5.56 Å². The van der Waals surface area contributed by atoms with Gasteiger partial charge in [0.05, 0.1) is 6.26 Å². The second-order valence-corrected chi connectivity index (χ2v) is 11.6. The van der Waals surface area contributed by atoms with E-state index in [1.165, 1.54) is 19.1 Å². The molecule has 0 amide bonds. The summed E-state index contributed by atoms with van der Waals surface area (Å²) in [7, 11) is -5.50. The molecule has 0 fully saturated rings.